The summed E-state index contributed by atoms with van der Waals surface area (Å²) < 4.78 is 4.86. The van der Waals surface area contributed by atoms with Gasteiger partial charge in [-0.1, -0.05) is 127 Å². The minimum absolute atomic E-state index is 1.16. The van der Waals surface area contributed by atoms with E-state index in [0.29, 0.717) is 0 Å². The Kier molecular flexibility index (Phi) is 5.91. The van der Waals surface area contributed by atoms with E-state index in [0.717, 1.165) is 11.4 Å². The fraction of sp³-hybridized carbons (Fsp3) is 0. The van der Waals surface area contributed by atoms with Crippen molar-refractivity contribution in [3.05, 3.63) is 182 Å². The molecule has 8 aromatic carbocycles. The lowest BCUT2D eigenvalue weighted by molar-refractivity contribution is 1.17. The van der Waals surface area contributed by atoms with Crippen molar-refractivity contribution in [3.8, 4) is 33.6 Å². The van der Waals surface area contributed by atoms with E-state index in [9.17, 15) is 0 Å². The van der Waals surface area contributed by atoms with Gasteiger partial charge >= 0.3 is 0 Å². The number of hydrogen-bond acceptors (Lipinski definition) is 0. The van der Waals surface area contributed by atoms with Gasteiger partial charge in [-0.25, -0.2) is 0 Å². The number of nitrogens with zero attached hydrogens (tertiary/aromatic N) is 2. The molecule has 0 aliphatic carbocycles. The van der Waals surface area contributed by atoms with Crippen LogP contribution in [-0.4, -0.2) is 9.13 Å². The van der Waals surface area contributed by atoms with Gasteiger partial charge in [0.25, 0.3) is 0 Å². The van der Waals surface area contributed by atoms with Crippen molar-refractivity contribution < 1.29 is 0 Å². The van der Waals surface area contributed by atoms with Crippen molar-refractivity contribution in [1.82, 2.24) is 9.13 Å². The van der Waals surface area contributed by atoms with Gasteiger partial charge in [0.05, 0.1) is 22.1 Å². The summed E-state index contributed by atoms with van der Waals surface area (Å²) >= 11 is 0. The van der Waals surface area contributed by atoms with Crippen molar-refractivity contribution >= 4 is 54.4 Å². The van der Waals surface area contributed by atoms with E-state index in [2.05, 4.69) is 191 Å². The van der Waals surface area contributed by atoms with Crippen LogP contribution in [-0.2, 0) is 0 Å². The van der Waals surface area contributed by atoms with Crippen molar-refractivity contribution in [2.24, 2.45) is 0 Å². The van der Waals surface area contributed by atoms with E-state index in [1.807, 2.05) is 0 Å². The molecule has 2 aromatic heterocycles. The normalized spacial score (nSPS) is 11.8. The van der Waals surface area contributed by atoms with Crippen LogP contribution in [0.15, 0.2) is 182 Å². The van der Waals surface area contributed by atoms with Crippen LogP contribution >= 0.6 is 0 Å². The summed E-state index contributed by atoms with van der Waals surface area (Å²) in [5.41, 5.74) is 12.0. The molecule has 0 saturated carbocycles. The maximum absolute atomic E-state index is 2.43. The number of fused-ring (bicyclic) bond motifs is 7. The molecule has 0 atom stereocenters. The molecule has 2 heteroatoms. The lowest BCUT2D eigenvalue weighted by Gasteiger charge is -2.11. The van der Waals surface area contributed by atoms with Crippen molar-refractivity contribution in [1.29, 1.82) is 0 Å². The standard InChI is InChI=1S/C46H30N2/c1-2-11-31(12-3-1)35-15-10-16-38(28-35)48-44-20-9-7-18-40(44)42-29-45-41(30-46(42)48)39-17-6-8-19-43(39)47(45)37-25-23-33(24-26-37)36-22-21-32-13-4-5-14-34(32)27-36/h1-30H. The number of para-hydroxylation sites is 2. The van der Waals surface area contributed by atoms with E-state index in [1.165, 1.54) is 76.6 Å². The Morgan fingerprint density at radius 1 is 0.250 bits per heavy atom. The van der Waals surface area contributed by atoms with E-state index in [-0.39, 0.29) is 0 Å². The molecule has 0 amide bonds. The third-order valence-corrected chi connectivity index (χ3v) is 9.89. The molecular weight excluding hydrogens is 581 g/mol. The third kappa shape index (κ3) is 4.13. The largest absolute Gasteiger partial charge is 0.309 e. The molecule has 0 unspecified atom stereocenters. The van der Waals surface area contributed by atoms with Crippen LogP contribution in [0.2, 0.25) is 0 Å². The summed E-state index contributed by atoms with van der Waals surface area (Å²) in [6.45, 7) is 0. The summed E-state index contributed by atoms with van der Waals surface area (Å²) in [5.74, 6) is 0. The first kappa shape index (κ1) is 26.8. The molecule has 0 N–H and O–H groups in total. The Labute approximate surface area is 278 Å². The summed E-state index contributed by atoms with van der Waals surface area (Å²) in [6.07, 6.45) is 0. The van der Waals surface area contributed by atoms with E-state index in [4.69, 9.17) is 0 Å². The minimum Gasteiger partial charge on any atom is -0.309 e. The van der Waals surface area contributed by atoms with E-state index < -0.39 is 0 Å². The van der Waals surface area contributed by atoms with E-state index in [1.54, 1.807) is 0 Å². The minimum atomic E-state index is 1.16. The zero-order valence-corrected chi connectivity index (χ0v) is 26.2. The molecule has 10 rings (SSSR count). The van der Waals surface area contributed by atoms with Gasteiger partial charge in [0.1, 0.15) is 0 Å². The second kappa shape index (κ2) is 10.6. The number of aromatic nitrogens is 2. The van der Waals surface area contributed by atoms with Gasteiger partial charge in [-0.05, 0) is 87.6 Å². The van der Waals surface area contributed by atoms with Crippen molar-refractivity contribution in [3.63, 3.8) is 0 Å². The summed E-state index contributed by atoms with van der Waals surface area (Å²) in [6, 6.07) is 66.2. The average Bonchev–Trinajstić information content (AvgIpc) is 3.66. The molecule has 0 aliphatic rings. The molecular formula is C46H30N2. The SMILES string of the molecule is c1ccc(-c2cccc(-n3c4ccccc4c4cc5c(cc43)c3ccccc3n5-c3ccc(-c4ccc5ccccc5c4)cc3)c2)cc1. The van der Waals surface area contributed by atoms with Crippen LogP contribution in [0.25, 0.3) is 88.0 Å². The van der Waals surface area contributed by atoms with Crippen molar-refractivity contribution in [2.45, 2.75) is 0 Å². The van der Waals surface area contributed by atoms with E-state index >= 15 is 0 Å². The summed E-state index contributed by atoms with van der Waals surface area (Å²) in [7, 11) is 0. The Balaban J connectivity index is 1.18. The van der Waals surface area contributed by atoms with Gasteiger partial charge in [-0.15, -0.1) is 0 Å². The quantitative estimate of drug-likeness (QED) is 0.188. The highest BCUT2D eigenvalue weighted by Crippen LogP contribution is 2.40. The molecule has 0 bridgehead atoms. The highest BCUT2D eigenvalue weighted by molar-refractivity contribution is 6.19. The smallest absolute Gasteiger partial charge is 0.0548 e. The molecule has 0 spiro atoms. The Morgan fingerprint density at radius 3 is 1.48 bits per heavy atom. The summed E-state index contributed by atoms with van der Waals surface area (Å²) in [5, 5.41) is 7.53. The highest BCUT2D eigenvalue weighted by Gasteiger charge is 2.18. The van der Waals surface area contributed by atoms with Gasteiger partial charge in [-0.2, -0.15) is 0 Å². The first-order valence-electron chi connectivity index (χ1n) is 16.5. The zero-order valence-electron chi connectivity index (χ0n) is 26.2. The highest BCUT2D eigenvalue weighted by atomic mass is 15.0. The molecule has 2 nitrogen and oxygen atoms in total. The molecule has 0 radical (unpaired) electrons. The maximum atomic E-state index is 2.43. The lowest BCUT2D eigenvalue weighted by Crippen LogP contribution is -1.95. The number of benzene rings is 8. The van der Waals surface area contributed by atoms with Gasteiger partial charge in [-0.3, -0.25) is 0 Å². The lowest BCUT2D eigenvalue weighted by atomic mass is 10.0. The second-order valence-corrected chi connectivity index (χ2v) is 12.6. The van der Waals surface area contributed by atoms with Crippen LogP contribution in [0.5, 0.6) is 0 Å². The maximum Gasteiger partial charge on any atom is 0.0548 e. The predicted octanol–water partition coefficient (Wildman–Crippen LogP) is 12.4. The van der Waals surface area contributed by atoms with Gasteiger partial charge in [0.2, 0.25) is 0 Å². The first-order valence-corrected chi connectivity index (χ1v) is 16.5. The third-order valence-electron chi connectivity index (χ3n) is 9.89. The van der Waals surface area contributed by atoms with Crippen LogP contribution in [0.1, 0.15) is 0 Å². The van der Waals surface area contributed by atoms with Crippen LogP contribution in [0, 0.1) is 0 Å². The van der Waals surface area contributed by atoms with Gasteiger partial charge in [0.15, 0.2) is 0 Å². The monoisotopic (exact) mass is 610 g/mol. The van der Waals surface area contributed by atoms with Crippen LogP contribution in [0.4, 0.5) is 0 Å². The number of rotatable bonds is 4. The molecule has 10 aromatic rings. The number of hydrogen-bond donors (Lipinski definition) is 0. The van der Waals surface area contributed by atoms with Crippen molar-refractivity contribution in [2.75, 3.05) is 0 Å². The fourth-order valence-electron chi connectivity index (χ4n) is 7.61. The topological polar surface area (TPSA) is 9.86 Å². The molecule has 0 saturated heterocycles. The average molecular weight is 611 g/mol. The molecule has 224 valence electrons. The van der Waals surface area contributed by atoms with Gasteiger partial charge in [0, 0.05) is 32.9 Å². The first-order chi connectivity index (χ1) is 23.8. The fourth-order valence-corrected chi connectivity index (χ4v) is 7.61. The van der Waals surface area contributed by atoms with Crippen LogP contribution in [0.3, 0.4) is 0 Å². The van der Waals surface area contributed by atoms with Gasteiger partial charge < -0.3 is 9.13 Å². The predicted molar refractivity (Wildman–Crippen MR) is 203 cm³/mol. The van der Waals surface area contributed by atoms with Crippen LogP contribution < -0.4 is 0 Å². The Bertz CT molecular complexity index is 2820. The summed E-state index contributed by atoms with van der Waals surface area (Å²) in [4.78, 5) is 0. The Hall–Kier alpha value is -6.38. The molecule has 2 heterocycles. The molecule has 48 heavy (non-hydrogen) atoms. The Morgan fingerprint density at radius 2 is 0.771 bits per heavy atom. The molecule has 0 aliphatic heterocycles. The zero-order chi connectivity index (χ0) is 31.6. The second-order valence-electron chi connectivity index (χ2n) is 12.6. The molecule has 0 fully saturated rings.